The Hall–Kier alpha value is -2.09. The number of rotatable bonds is 6. The number of carbonyl (C=O) groups is 3. The number of nitrogens with one attached hydrogen (secondary N) is 1. The molecular weight excluding hydrogens is 334 g/mol. The van der Waals surface area contributed by atoms with Gasteiger partial charge < -0.3 is 14.2 Å². The number of unbranched alkanes of at least 4 members (excludes halogenated alkanes) is 1. The average Bonchev–Trinajstić information content (AvgIpc) is 3.12. The van der Waals surface area contributed by atoms with Crippen LogP contribution in [0.25, 0.3) is 0 Å². The van der Waals surface area contributed by atoms with Crippen LogP contribution in [-0.4, -0.2) is 38.9 Å². The van der Waals surface area contributed by atoms with Crippen molar-refractivity contribution in [3.63, 3.8) is 0 Å². The lowest BCUT2D eigenvalue weighted by Crippen LogP contribution is -2.18. The Morgan fingerprint density at radius 2 is 2.00 bits per heavy atom. The Kier molecular flexibility index (Phi) is 6.19. The molecule has 0 aliphatic heterocycles. The topological polar surface area (TPSA) is 90.9 Å². The van der Waals surface area contributed by atoms with Gasteiger partial charge in [0, 0.05) is 4.88 Å². The molecule has 0 radical (unpaired) electrons. The van der Waals surface area contributed by atoms with Crippen LogP contribution in [-0.2, 0) is 25.4 Å². The first-order valence-corrected chi connectivity index (χ1v) is 8.60. The van der Waals surface area contributed by atoms with Gasteiger partial charge in [-0.1, -0.05) is 13.3 Å². The summed E-state index contributed by atoms with van der Waals surface area (Å²) in [4.78, 5) is 36.9. The SMILES string of the molecule is CCCCOC(=O)Nc1sc2c(c1C(=O)OC)[C@H](C(=O)OC)CC2. The summed E-state index contributed by atoms with van der Waals surface area (Å²) >= 11 is 1.27. The van der Waals surface area contributed by atoms with Gasteiger partial charge in [-0.3, -0.25) is 10.1 Å². The third kappa shape index (κ3) is 3.69. The molecule has 7 nitrogen and oxygen atoms in total. The molecule has 0 spiro atoms. The molecule has 1 aromatic rings. The Bertz CT molecular complexity index is 639. The number of amides is 1. The third-order valence-electron chi connectivity index (χ3n) is 3.85. The lowest BCUT2D eigenvalue weighted by atomic mass is 9.99. The van der Waals surface area contributed by atoms with Crippen molar-refractivity contribution in [3.8, 4) is 0 Å². The second-order valence-corrected chi connectivity index (χ2v) is 6.47. The molecule has 2 rings (SSSR count). The van der Waals surface area contributed by atoms with Gasteiger partial charge in [-0.15, -0.1) is 11.3 Å². The summed E-state index contributed by atoms with van der Waals surface area (Å²) in [6.45, 7) is 2.30. The normalized spacial score (nSPS) is 15.5. The van der Waals surface area contributed by atoms with E-state index in [1.807, 2.05) is 6.92 Å². The maximum atomic E-state index is 12.2. The number of fused-ring (bicyclic) bond motifs is 1. The first kappa shape index (κ1) is 18.3. The number of carbonyl (C=O) groups excluding carboxylic acids is 3. The second kappa shape index (κ2) is 8.14. The highest BCUT2D eigenvalue weighted by molar-refractivity contribution is 7.17. The van der Waals surface area contributed by atoms with E-state index >= 15 is 0 Å². The van der Waals surface area contributed by atoms with E-state index in [0.29, 0.717) is 30.0 Å². The van der Waals surface area contributed by atoms with Gasteiger partial charge in [-0.05, 0) is 24.8 Å². The molecule has 8 heteroatoms. The van der Waals surface area contributed by atoms with Crippen molar-refractivity contribution in [2.75, 3.05) is 26.1 Å². The fourth-order valence-electron chi connectivity index (χ4n) is 2.67. The van der Waals surface area contributed by atoms with Crippen molar-refractivity contribution in [2.45, 2.75) is 38.5 Å². The highest BCUT2D eigenvalue weighted by Gasteiger charge is 2.38. The smallest absolute Gasteiger partial charge is 0.412 e. The summed E-state index contributed by atoms with van der Waals surface area (Å²) in [5, 5.41) is 2.95. The largest absolute Gasteiger partial charge is 0.469 e. The molecule has 1 aromatic heterocycles. The zero-order valence-electron chi connectivity index (χ0n) is 14.0. The number of hydrogen-bond donors (Lipinski definition) is 1. The van der Waals surface area contributed by atoms with Gasteiger partial charge in [0.05, 0.1) is 32.3 Å². The van der Waals surface area contributed by atoms with E-state index in [0.717, 1.165) is 17.7 Å². The van der Waals surface area contributed by atoms with E-state index in [9.17, 15) is 14.4 Å². The maximum absolute atomic E-state index is 12.2. The first-order chi connectivity index (χ1) is 11.5. The highest BCUT2D eigenvalue weighted by atomic mass is 32.1. The number of hydrogen-bond acceptors (Lipinski definition) is 7. The first-order valence-electron chi connectivity index (χ1n) is 7.78. The van der Waals surface area contributed by atoms with E-state index in [1.165, 1.54) is 25.6 Å². The molecule has 0 saturated carbocycles. The van der Waals surface area contributed by atoms with Crippen molar-refractivity contribution in [2.24, 2.45) is 0 Å². The van der Waals surface area contributed by atoms with Gasteiger partial charge in [0.2, 0.25) is 0 Å². The van der Waals surface area contributed by atoms with E-state index in [-0.39, 0.29) is 5.56 Å². The molecule has 24 heavy (non-hydrogen) atoms. The summed E-state index contributed by atoms with van der Waals surface area (Å²) < 4.78 is 14.7. The molecule has 1 N–H and O–H groups in total. The lowest BCUT2D eigenvalue weighted by Gasteiger charge is -2.11. The Balaban J connectivity index is 2.28. The van der Waals surface area contributed by atoms with Crippen LogP contribution in [0.1, 0.15) is 52.9 Å². The lowest BCUT2D eigenvalue weighted by molar-refractivity contribution is -0.142. The van der Waals surface area contributed by atoms with E-state index in [4.69, 9.17) is 14.2 Å². The molecule has 0 unspecified atom stereocenters. The van der Waals surface area contributed by atoms with Crippen LogP contribution in [0.3, 0.4) is 0 Å². The van der Waals surface area contributed by atoms with Gasteiger partial charge in [0.25, 0.3) is 0 Å². The summed E-state index contributed by atoms with van der Waals surface area (Å²) in [5.41, 5.74) is 0.820. The average molecular weight is 355 g/mol. The van der Waals surface area contributed by atoms with Crippen molar-refractivity contribution in [1.82, 2.24) is 0 Å². The fraction of sp³-hybridized carbons (Fsp3) is 0.562. The summed E-state index contributed by atoms with van der Waals surface area (Å²) in [7, 11) is 2.58. The number of methoxy groups -OCH3 is 2. The minimum absolute atomic E-state index is 0.220. The maximum Gasteiger partial charge on any atom is 0.412 e. The predicted octanol–water partition coefficient (Wildman–Crippen LogP) is 3.09. The van der Waals surface area contributed by atoms with E-state index < -0.39 is 23.9 Å². The molecule has 0 aromatic carbocycles. The number of thiophene rings is 1. The predicted molar refractivity (Wildman–Crippen MR) is 88.6 cm³/mol. The van der Waals surface area contributed by atoms with E-state index in [1.54, 1.807) is 0 Å². The van der Waals surface area contributed by atoms with Gasteiger partial charge in [-0.25, -0.2) is 9.59 Å². The highest BCUT2D eigenvalue weighted by Crippen LogP contribution is 2.45. The molecule has 1 aliphatic rings. The van der Waals surface area contributed by atoms with Crippen LogP contribution in [0.15, 0.2) is 0 Å². The van der Waals surface area contributed by atoms with Crippen molar-refractivity contribution >= 4 is 34.4 Å². The zero-order valence-corrected chi connectivity index (χ0v) is 14.8. The Morgan fingerprint density at radius 1 is 1.25 bits per heavy atom. The molecule has 132 valence electrons. The molecule has 0 bridgehead atoms. The van der Waals surface area contributed by atoms with Gasteiger partial charge in [0.15, 0.2) is 0 Å². The number of aryl methyl sites for hydroxylation is 1. The van der Waals surface area contributed by atoms with Crippen LogP contribution in [0, 0.1) is 0 Å². The van der Waals surface area contributed by atoms with Crippen molar-refractivity contribution < 1.29 is 28.6 Å². The monoisotopic (exact) mass is 355 g/mol. The van der Waals surface area contributed by atoms with Crippen LogP contribution < -0.4 is 5.32 Å². The standard InChI is InChI=1S/C16H21NO6S/c1-4-5-8-23-16(20)17-13-12(15(19)22-3)11-9(14(18)21-2)6-7-10(11)24-13/h9H,4-8H2,1-3H3,(H,17,20)/t9-/m1/s1. The van der Waals surface area contributed by atoms with Gasteiger partial charge in [-0.2, -0.15) is 0 Å². The zero-order chi connectivity index (χ0) is 17.7. The Labute approximate surface area is 144 Å². The molecular formula is C16H21NO6S. The van der Waals surface area contributed by atoms with Crippen LogP contribution in [0.2, 0.25) is 0 Å². The molecule has 1 atom stereocenters. The summed E-state index contributed by atoms with van der Waals surface area (Å²) in [6.07, 6.45) is 2.29. The molecule has 1 amide bonds. The van der Waals surface area contributed by atoms with Gasteiger partial charge >= 0.3 is 18.0 Å². The summed E-state index contributed by atoms with van der Waals surface area (Å²) in [5.74, 6) is -1.50. The summed E-state index contributed by atoms with van der Waals surface area (Å²) in [6, 6.07) is 0. The number of anilines is 1. The molecule has 1 aliphatic carbocycles. The van der Waals surface area contributed by atoms with Crippen molar-refractivity contribution in [1.29, 1.82) is 0 Å². The molecule has 0 saturated heterocycles. The van der Waals surface area contributed by atoms with Crippen LogP contribution >= 0.6 is 11.3 Å². The van der Waals surface area contributed by atoms with Crippen LogP contribution in [0.5, 0.6) is 0 Å². The Morgan fingerprint density at radius 3 is 2.62 bits per heavy atom. The second-order valence-electron chi connectivity index (χ2n) is 5.36. The van der Waals surface area contributed by atoms with Gasteiger partial charge in [0.1, 0.15) is 5.00 Å². The third-order valence-corrected chi connectivity index (χ3v) is 5.03. The minimum atomic E-state index is -0.622. The minimum Gasteiger partial charge on any atom is -0.469 e. The number of ether oxygens (including phenoxy) is 3. The molecule has 0 fully saturated rings. The number of esters is 2. The fourth-order valence-corrected chi connectivity index (χ4v) is 3.92. The van der Waals surface area contributed by atoms with Crippen molar-refractivity contribution in [3.05, 3.63) is 16.0 Å². The van der Waals surface area contributed by atoms with Crippen LogP contribution in [0.4, 0.5) is 9.80 Å². The molecule has 1 heterocycles. The van der Waals surface area contributed by atoms with E-state index in [2.05, 4.69) is 5.32 Å². The quantitative estimate of drug-likeness (QED) is 0.479.